The third kappa shape index (κ3) is 3.20. The Kier molecular flexibility index (Phi) is 4.17. The van der Waals surface area contributed by atoms with E-state index >= 15 is 0 Å². The van der Waals surface area contributed by atoms with Crippen LogP contribution in [0.5, 0.6) is 0 Å². The van der Waals surface area contributed by atoms with Crippen molar-refractivity contribution in [1.82, 2.24) is 4.90 Å². The summed E-state index contributed by atoms with van der Waals surface area (Å²) in [6.07, 6.45) is 0. The lowest BCUT2D eigenvalue weighted by Gasteiger charge is -2.34. The minimum absolute atomic E-state index is 0.0885. The average Bonchev–Trinajstić information content (AvgIpc) is 2.25. The molecule has 0 radical (unpaired) electrons. The third-order valence-electron chi connectivity index (χ3n) is 2.89. The van der Waals surface area contributed by atoms with Crippen LogP contribution in [0.15, 0.2) is 18.2 Å². The van der Waals surface area contributed by atoms with Gasteiger partial charge in [-0.3, -0.25) is 4.79 Å². The number of halogens is 1. The third-order valence-corrected chi connectivity index (χ3v) is 3.11. The van der Waals surface area contributed by atoms with Crippen LogP contribution >= 0.6 is 11.6 Å². The molecular formula is C13H18ClNO2. The molecule has 0 unspecified atom stereocenters. The van der Waals surface area contributed by atoms with Crippen LogP contribution < -0.4 is 0 Å². The van der Waals surface area contributed by atoms with E-state index < -0.39 is 5.54 Å². The molecule has 0 fully saturated rings. The van der Waals surface area contributed by atoms with E-state index in [0.717, 1.165) is 5.56 Å². The van der Waals surface area contributed by atoms with Crippen LogP contribution in [0.1, 0.15) is 29.8 Å². The molecular weight excluding hydrogens is 238 g/mol. The number of benzene rings is 1. The molecule has 0 aromatic heterocycles. The molecule has 4 heteroatoms. The van der Waals surface area contributed by atoms with Crippen molar-refractivity contribution in [2.24, 2.45) is 0 Å². The minimum Gasteiger partial charge on any atom is -0.394 e. The van der Waals surface area contributed by atoms with Crippen molar-refractivity contribution in [3.8, 4) is 0 Å². The first kappa shape index (κ1) is 14.0. The second-order valence-corrected chi connectivity index (χ2v) is 5.29. The van der Waals surface area contributed by atoms with Crippen molar-refractivity contribution in [2.75, 3.05) is 13.7 Å². The number of likely N-dealkylation sites (N-methyl/N-ethyl adjacent to an activating group) is 1. The number of aliphatic hydroxyl groups excluding tert-OH is 1. The number of nitrogens with zero attached hydrogens (tertiary/aromatic N) is 1. The summed E-state index contributed by atoms with van der Waals surface area (Å²) >= 11 is 5.93. The molecule has 0 saturated heterocycles. The van der Waals surface area contributed by atoms with Crippen molar-refractivity contribution in [2.45, 2.75) is 26.3 Å². The molecule has 3 nitrogen and oxygen atoms in total. The Morgan fingerprint density at radius 2 is 2.00 bits per heavy atom. The Morgan fingerprint density at radius 1 is 1.41 bits per heavy atom. The Hall–Kier alpha value is -1.06. The number of amides is 1. The second kappa shape index (κ2) is 5.07. The predicted molar refractivity (Wildman–Crippen MR) is 69.4 cm³/mol. The fraction of sp³-hybridized carbons (Fsp3) is 0.462. The Morgan fingerprint density at radius 3 is 2.47 bits per heavy atom. The molecule has 1 aromatic carbocycles. The molecule has 1 aromatic rings. The molecule has 94 valence electrons. The summed E-state index contributed by atoms with van der Waals surface area (Å²) in [5.74, 6) is -0.144. The van der Waals surface area contributed by atoms with Gasteiger partial charge in [0.15, 0.2) is 0 Å². The van der Waals surface area contributed by atoms with E-state index in [-0.39, 0.29) is 12.5 Å². The van der Waals surface area contributed by atoms with Crippen LogP contribution in [-0.4, -0.2) is 35.1 Å². The number of hydrogen-bond donors (Lipinski definition) is 1. The second-order valence-electron chi connectivity index (χ2n) is 4.85. The first-order valence-corrected chi connectivity index (χ1v) is 5.82. The zero-order chi connectivity index (χ0) is 13.2. The fourth-order valence-corrected chi connectivity index (χ4v) is 1.72. The number of carbonyl (C=O) groups is 1. The van der Waals surface area contributed by atoms with Crippen molar-refractivity contribution >= 4 is 17.5 Å². The first-order chi connectivity index (χ1) is 7.77. The van der Waals surface area contributed by atoms with Gasteiger partial charge in [0.25, 0.3) is 5.91 Å². The molecule has 0 saturated carbocycles. The van der Waals surface area contributed by atoms with Crippen LogP contribution in [0.25, 0.3) is 0 Å². The highest BCUT2D eigenvalue weighted by Crippen LogP contribution is 2.19. The van der Waals surface area contributed by atoms with Gasteiger partial charge in [0.1, 0.15) is 0 Å². The summed E-state index contributed by atoms with van der Waals surface area (Å²) in [6.45, 7) is 5.42. The molecule has 0 aliphatic carbocycles. The Balaban J connectivity index is 3.04. The van der Waals surface area contributed by atoms with Crippen LogP contribution in [0, 0.1) is 6.92 Å². The monoisotopic (exact) mass is 255 g/mol. The molecule has 1 N–H and O–H groups in total. The summed E-state index contributed by atoms with van der Waals surface area (Å²) in [5, 5.41) is 9.79. The van der Waals surface area contributed by atoms with E-state index in [1.54, 1.807) is 25.2 Å². The van der Waals surface area contributed by atoms with Crippen molar-refractivity contribution < 1.29 is 9.90 Å². The molecule has 0 bridgehead atoms. The Labute approximate surface area is 107 Å². The number of carbonyl (C=O) groups excluding carboxylic acids is 1. The van der Waals surface area contributed by atoms with Gasteiger partial charge < -0.3 is 10.0 Å². The number of hydrogen-bond acceptors (Lipinski definition) is 2. The lowest BCUT2D eigenvalue weighted by Crippen LogP contribution is -2.47. The molecule has 0 spiro atoms. The van der Waals surface area contributed by atoms with Crippen LogP contribution in [0.3, 0.4) is 0 Å². The van der Waals surface area contributed by atoms with Gasteiger partial charge in [-0.2, -0.15) is 0 Å². The van der Waals surface area contributed by atoms with E-state index in [0.29, 0.717) is 10.6 Å². The highest BCUT2D eigenvalue weighted by molar-refractivity contribution is 6.31. The van der Waals surface area contributed by atoms with E-state index in [4.69, 9.17) is 11.6 Å². The van der Waals surface area contributed by atoms with Crippen molar-refractivity contribution in [1.29, 1.82) is 0 Å². The van der Waals surface area contributed by atoms with Crippen LogP contribution in [0.4, 0.5) is 0 Å². The summed E-state index contributed by atoms with van der Waals surface area (Å²) in [6, 6.07) is 5.23. The quantitative estimate of drug-likeness (QED) is 0.902. The zero-order valence-electron chi connectivity index (χ0n) is 10.6. The van der Waals surface area contributed by atoms with Gasteiger partial charge in [-0.15, -0.1) is 0 Å². The number of aryl methyl sites for hydroxylation is 1. The molecule has 0 aliphatic heterocycles. The topological polar surface area (TPSA) is 40.5 Å². The SMILES string of the molecule is Cc1cc(Cl)cc(C(=O)N(C)C(C)(C)CO)c1. The summed E-state index contributed by atoms with van der Waals surface area (Å²) in [5.41, 5.74) is 0.892. The van der Waals surface area contributed by atoms with Gasteiger partial charge in [-0.05, 0) is 44.5 Å². The first-order valence-electron chi connectivity index (χ1n) is 5.44. The molecule has 17 heavy (non-hydrogen) atoms. The predicted octanol–water partition coefficient (Wildman–Crippen LogP) is 2.49. The van der Waals surface area contributed by atoms with Gasteiger partial charge in [-0.25, -0.2) is 0 Å². The average molecular weight is 256 g/mol. The van der Waals surface area contributed by atoms with Crippen LogP contribution in [-0.2, 0) is 0 Å². The highest BCUT2D eigenvalue weighted by atomic mass is 35.5. The largest absolute Gasteiger partial charge is 0.394 e. The van der Waals surface area contributed by atoms with E-state index in [1.807, 2.05) is 20.8 Å². The van der Waals surface area contributed by atoms with Crippen molar-refractivity contribution in [3.05, 3.63) is 34.3 Å². The lowest BCUT2D eigenvalue weighted by molar-refractivity contribution is 0.0473. The van der Waals surface area contributed by atoms with Crippen LogP contribution in [0.2, 0.25) is 5.02 Å². The van der Waals surface area contributed by atoms with Crippen molar-refractivity contribution in [3.63, 3.8) is 0 Å². The van der Waals surface area contributed by atoms with Gasteiger partial charge in [0.2, 0.25) is 0 Å². The van der Waals surface area contributed by atoms with E-state index in [1.165, 1.54) is 4.90 Å². The van der Waals surface area contributed by atoms with Gasteiger partial charge in [-0.1, -0.05) is 11.6 Å². The molecule has 0 atom stereocenters. The maximum absolute atomic E-state index is 12.2. The minimum atomic E-state index is -0.590. The Bertz CT molecular complexity index is 409. The van der Waals surface area contributed by atoms with E-state index in [2.05, 4.69) is 0 Å². The number of rotatable bonds is 3. The maximum Gasteiger partial charge on any atom is 0.254 e. The summed E-state index contributed by atoms with van der Waals surface area (Å²) in [4.78, 5) is 13.7. The van der Waals surface area contributed by atoms with Gasteiger partial charge in [0.05, 0.1) is 12.1 Å². The summed E-state index contributed by atoms with van der Waals surface area (Å²) in [7, 11) is 1.68. The molecule has 0 aliphatic rings. The highest BCUT2D eigenvalue weighted by Gasteiger charge is 2.27. The number of aliphatic hydroxyl groups is 1. The smallest absolute Gasteiger partial charge is 0.254 e. The summed E-state index contributed by atoms with van der Waals surface area (Å²) < 4.78 is 0. The standard InChI is InChI=1S/C13H18ClNO2/c1-9-5-10(7-11(14)6-9)12(17)15(4)13(2,3)8-16/h5-7,16H,8H2,1-4H3. The zero-order valence-corrected chi connectivity index (χ0v) is 11.4. The normalized spacial score (nSPS) is 11.4. The fourth-order valence-electron chi connectivity index (χ4n) is 1.43. The maximum atomic E-state index is 12.2. The molecule has 0 heterocycles. The molecule has 1 amide bonds. The lowest BCUT2D eigenvalue weighted by atomic mass is 10.0. The van der Waals surface area contributed by atoms with E-state index in [9.17, 15) is 9.90 Å². The van der Waals surface area contributed by atoms with Gasteiger partial charge >= 0.3 is 0 Å². The van der Waals surface area contributed by atoms with Gasteiger partial charge in [0, 0.05) is 17.6 Å². The molecule has 1 rings (SSSR count).